The maximum atomic E-state index is 11.9. The van der Waals surface area contributed by atoms with Crippen LogP contribution >= 0.6 is 8.03 Å². The Morgan fingerprint density at radius 3 is 2.53 bits per heavy atom. The van der Waals surface area contributed by atoms with E-state index >= 15 is 0 Å². The summed E-state index contributed by atoms with van der Waals surface area (Å²) >= 11 is 0. The predicted molar refractivity (Wildman–Crippen MR) is 72.9 cm³/mol. The number of benzene rings is 1. The molecule has 0 aliphatic rings. The first-order chi connectivity index (χ1) is 8.27. The Morgan fingerprint density at radius 2 is 1.94 bits per heavy atom. The standard InChI is InChI=1S/C14H22O2P/c1-3-5-9-13(4-2)12-16-17(15)14-10-7-6-8-11-14/h6-8,10-11,13H,3-5,9,12H2,1-2H3/q+1. The molecule has 2 nitrogen and oxygen atoms in total. The molecule has 3 heteroatoms. The normalized spacial score (nSPS) is 13.4. The molecule has 0 fully saturated rings. The highest BCUT2D eigenvalue weighted by molar-refractivity contribution is 7.48. The van der Waals surface area contributed by atoms with E-state index in [1.54, 1.807) is 0 Å². The van der Waals surface area contributed by atoms with Gasteiger partial charge < -0.3 is 0 Å². The van der Waals surface area contributed by atoms with Gasteiger partial charge in [0.25, 0.3) is 0 Å². The second-order valence-electron chi connectivity index (χ2n) is 4.30. The SMILES string of the molecule is CCCCC(CC)CO[P+](=O)c1ccccc1. The zero-order valence-corrected chi connectivity index (χ0v) is 11.7. The number of hydrogen-bond donors (Lipinski definition) is 0. The van der Waals surface area contributed by atoms with Gasteiger partial charge in [0.05, 0.1) is 0 Å². The zero-order chi connectivity index (χ0) is 12.5. The van der Waals surface area contributed by atoms with Gasteiger partial charge in [-0.1, -0.05) is 51.3 Å². The summed E-state index contributed by atoms with van der Waals surface area (Å²) in [7, 11) is -1.68. The predicted octanol–water partition coefficient (Wildman–Crippen LogP) is 4.29. The summed E-state index contributed by atoms with van der Waals surface area (Å²) in [6, 6.07) is 9.40. The van der Waals surface area contributed by atoms with E-state index in [1.165, 1.54) is 19.3 Å². The van der Waals surface area contributed by atoms with Gasteiger partial charge in [-0.3, -0.25) is 0 Å². The Kier molecular flexibility index (Phi) is 7.07. The van der Waals surface area contributed by atoms with Crippen LogP contribution in [0.2, 0.25) is 0 Å². The Bertz CT molecular complexity index is 324. The first kappa shape index (κ1) is 14.3. The fourth-order valence-electron chi connectivity index (χ4n) is 1.70. The van der Waals surface area contributed by atoms with Crippen molar-refractivity contribution in [1.82, 2.24) is 0 Å². The summed E-state index contributed by atoms with van der Waals surface area (Å²) < 4.78 is 17.4. The molecule has 0 heterocycles. The molecule has 2 atom stereocenters. The van der Waals surface area contributed by atoms with Crippen LogP contribution in [-0.4, -0.2) is 6.61 Å². The highest BCUT2D eigenvalue weighted by Crippen LogP contribution is 2.24. The monoisotopic (exact) mass is 253 g/mol. The van der Waals surface area contributed by atoms with Crippen molar-refractivity contribution in [2.24, 2.45) is 5.92 Å². The summed E-state index contributed by atoms with van der Waals surface area (Å²) in [5.41, 5.74) is 0. The van der Waals surface area contributed by atoms with Crippen LogP contribution in [0.25, 0.3) is 0 Å². The highest BCUT2D eigenvalue weighted by atomic mass is 31.1. The molecule has 1 rings (SSSR count). The first-order valence-corrected chi connectivity index (χ1v) is 7.60. The molecule has 17 heavy (non-hydrogen) atoms. The molecule has 94 valence electrons. The van der Waals surface area contributed by atoms with Crippen molar-refractivity contribution in [3.05, 3.63) is 30.3 Å². The van der Waals surface area contributed by atoms with E-state index in [2.05, 4.69) is 13.8 Å². The van der Waals surface area contributed by atoms with Crippen molar-refractivity contribution < 1.29 is 9.09 Å². The van der Waals surface area contributed by atoms with Gasteiger partial charge >= 0.3 is 8.03 Å². The van der Waals surface area contributed by atoms with E-state index in [0.29, 0.717) is 12.5 Å². The van der Waals surface area contributed by atoms with Gasteiger partial charge in [-0.05, 0) is 29.0 Å². The molecule has 0 amide bonds. The minimum atomic E-state index is -1.68. The molecule has 0 saturated heterocycles. The number of hydrogen-bond acceptors (Lipinski definition) is 2. The van der Waals surface area contributed by atoms with Gasteiger partial charge in [0.15, 0.2) is 0 Å². The Hall–Kier alpha value is -0.720. The molecule has 2 unspecified atom stereocenters. The fraction of sp³-hybridized carbons (Fsp3) is 0.571. The molecule has 0 N–H and O–H groups in total. The Balaban J connectivity index is 2.36. The minimum absolute atomic E-state index is 0.539. The summed E-state index contributed by atoms with van der Waals surface area (Å²) in [5.74, 6) is 0.539. The Labute approximate surface area is 105 Å². The lowest BCUT2D eigenvalue weighted by Crippen LogP contribution is -2.08. The first-order valence-electron chi connectivity index (χ1n) is 6.43. The molecule has 0 aliphatic heterocycles. The minimum Gasteiger partial charge on any atom is -0.141 e. The molecular formula is C14H22O2P+. The third kappa shape index (κ3) is 5.43. The molecular weight excluding hydrogens is 231 g/mol. The summed E-state index contributed by atoms with van der Waals surface area (Å²) in [4.78, 5) is 0. The maximum Gasteiger partial charge on any atom is 0.548 e. The molecule has 0 aromatic heterocycles. The van der Waals surface area contributed by atoms with Crippen molar-refractivity contribution in [2.45, 2.75) is 39.5 Å². The van der Waals surface area contributed by atoms with Gasteiger partial charge in [0.1, 0.15) is 6.61 Å². The van der Waals surface area contributed by atoms with Crippen LogP contribution in [0.3, 0.4) is 0 Å². The quantitative estimate of drug-likeness (QED) is 0.646. The molecule has 0 saturated carbocycles. The second-order valence-corrected chi connectivity index (χ2v) is 5.59. The maximum absolute atomic E-state index is 11.9. The fourth-order valence-corrected chi connectivity index (χ4v) is 2.61. The van der Waals surface area contributed by atoms with Crippen LogP contribution in [0.5, 0.6) is 0 Å². The topological polar surface area (TPSA) is 26.3 Å². The Morgan fingerprint density at radius 1 is 1.24 bits per heavy atom. The second kappa shape index (κ2) is 8.38. The van der Waals surface area contributed by atoms with Crippen LogP contribution in [0.1, 0.15) is 39.5 Å². The smallest absolute Gasteiger partial charge is 0.141 e. The van der Waals surface area contributed by atoms with Crippen LogP contribution in [0.15, 0.2) is 30.3 Å². The van der Waals surface area contributed by atoms with Crippen molar-refractivity contribution in [3.8, 4) is 0 Å². The largest absolute Gasteiger partial charge is 0.548 e. The molecule has 0 bridgehead atoms. The van der Waals surface area contributed by atoms with Crippen LogP contribution in [0, 0.1) is 5.92 Å². The van der Waals surface area contributed by atoms with Gasteiger partial charge in [0, 0.05) is 0 Å². The molecule has 0 aliphatic carbocycles. The molecule has 0 spiro atoms. The third-order valence-electron chi connectivity index (χ3n) is 2.94. The van der Waals surface area contributed by atoms with Crippen molar-refractivity contribution in [2.75, 3.05) is 6.61 Å². The van der Waals surface area contributed by atoms with Gasteiger partial charge in [-0.2, -0.15) is 0 Å². The van der Waals surface area contributed by atoms with Gasteiger partial charge in [-0.15, -0.1) is 4.52 Å². The van der Waals surface area contributed by atoms with E-state index in [1.807, 2.05) is 30.3 Å². The van der Waals surface area contributed by atoms with Crippen LogP contribution in [0.4, 0.5) is 0 Å². The molecule has 1 aromatic rings. The van der Waals surface area contributed by atoms with E-state index in [9.17, 15) is 4.57 Å². The van der Waals surface area contributed by atoms with Crippen molar-refractivity contribution >= 4 is 13.3 Å². The average molecular weight is 253 g/mol. The van der Waals surface area contributed by atoms with Crippen molar-refractivity contribution in [3.63, 3.8) is 0 Å². The highest BCUT2D eigenvalue weighted by Gasteiger charge is 2.23. The summed E-state index contributed by atoms with van der Waals surface area (Å²) in [5, 5.41) is 0.785. The van der Waals surface area contributed by atoms with Gasteiger partial charge in [-0.25, -0.2) is 0 Å². The van der Waals surface area contributed by atoms with E-state index in [4.69, 9.17) is 4.52 Å². The van der Waals surface area contributed by atoms with E-state index < -0.39 is 8.03 Å². The van der Waals surface area contributed by atoms with Crippen LogP contribution in [-0.2, 0) is 9.09 Å². The van der Waals surface area contributed by atoms with Crippen LogP contribution < -0.4 is 5.30 Å². The number of rotatable bonds is 8. The summed E-state index contributed by atoms with van der Waals surface area (Å²) in [6.45, 7) is 4.97. The average Bonchev–Trinajstić information content (AvgIpc) is 2.39. The lowest BCUT2D eigenvalue weighted by atomic mass is 10.0. The third-order valence-corrected chi connectivity index (χ3v) is 4.04. The van der Waals surface area contributed by atoms with E-state index in [0.717, 1.165) is 11.7 Å². The van der Waals surface area contributed by atoms with E-state index in [-0.39, 0.29) is 0 Å². The van der Waals surface area contributed by atoms with Crippen molar-refractivity contribution in [1.29, 1.82) is 0 Å². The van der Waals surface area contributed by atoms with Gasteiger partial charge in [0.2, 0.25) is 5.30 Å². The molecule has 0 radical (unpaired) electrons. The number of unbranched alkanes of at least 4 members (excludes halogenated alkanes) is 1. The molecule has 1 aromatic carbocycles. The zero-order valence-electron chi connectivity index (χ0n) is 10.8. The lowest BCUT2D eigenvalue weighted by molar-refractivity contribution is 0.247. The summed E-state index contributed by atoms with van der Waals surface area (Å²) in [6.07, 6.45) is 4.70. The lowest BCUT2D eigenvalue weighted by Gasteiger charge is -2.09.